The molecule has 216 valence electrons. The van der Waals surface area contributed by atoms with Crippen LogP contribution in [0.3, 0.4) is 0 Å². The molecule has 2 aliphatic rings. The molecule has 2 amide bonds. The van der Waals surface area contributed by atoms with Gasteiger partial charge in [-0.2, -0.15) is 5.10 Å². The predicted molar refractivity (Wildman–Crippen MR) is 143 cm³/mol. The molecule has 1 aromatic carbocycles. The Morgan fingerprint density at radius 2 is 1.98 bits per heavy atom. The van der Waals surface area contributed by atoms with Crippen molar-refractivity contribution in [2.45, 2.75) is 32.4 Å². The van der Waals surface area contributed by atoms with Gasteiger partial charge in [-0.1, -0.05) is 17.7 Å². The number of alkyl halides is 2. The number of amides is 2. The van der Waals surface area contributed by atoms with E-state index >= 15 is 0 Å². The van der Waals surface area contributed by atoms with Crippen molar-refractivity contribution in [3.63, 3.8) is 0 Å². The molecular formula is C27H22ClF3N8O3. The highest BCUT2D eigenvalue weighted by atomic mass is 35.5. The molecule has 1 aliphatic carbocycles. The number of aliphatic hydroxyl groups excluding tert-OH is 1. The van der Waals surface area contributed by atoms with Crippen LogP contribution in [0.1, 0.15) is 53.1 Å². The third-order valence-corrected chi connectivity index (χ3v) is 7.71. The number of nitrogens with zero attached hydrogens (tertiary/aromatic N) is 7. The van der Waals surface area contributed by atoms with Crippen molar-refractivity contribution in [1.29, 1.82) is 0 Å². The number of hydrogen-bond acceptors (Lipinski definition) is 8. The van der Waals surface area contributed by atoms with Gasteiger partial charge >= 0.3 is 0 Å². The highest BCUT2D eigenvalue weighted by molar-refractivity contribution is 6.31. The Kier molecular flexibility index (Phi) is 7.10. The normalized spacial score (nSPS) is 18.4. The number of fused-ring (bicyclic) bond motifs is 1. The zero-order chi connectivity index (χ0) is 29.7. The van der Waals surface area contributed by atoms with E-state index in [1.165, 1.54) is 34.4 Å². The van der Waals surface area contributed by atoms with Crippen molar-refractivity contribution in [2.24, 2.45) is 11.8 Å². The van der Waals surface area contributed by atoms with Gasteiger partial charge in [0.05, 0.1) is 35.2 Å². The van der Waals surface area contributed by atoms with E-state index in [1.54, 1.807) is 6.92 Å². The summed E-state index contributed by atoms with van der Waals surface area (Å²) in [6.07, 6.45) is 4.52. The summed E-state index contributed by atoms with van der Waals surface area (Å²) < 4.78 is 43.8. The van der Waals surface area contributed by atoms with E-state index in [2.05, 4.69) is 30.4 Å². The first kappa shape index (κ1) is 27.7. The largest absolute Gasteiger partial charge is 0.390 e. The van der Waals surface area contributed by atoms with Crippen molar-refractivity contribution >= 4 is 35.1 Å². The van der Waals surface area contributed by atoms with E-state index in [9.17, 15) is 27.9 Å². The fourth-order valence-electron chi connectivity index (χ4n) is 5.10. The van der Waals surface area contributed by atoms with Crippen molar-refractivity contribution in [2.75, 3.05) is 16.8 Å². The van der Waals surface area contributed by atoms with Gasteiger partial charge in [0.2, 0.25) is 11.9 Å². The molecule has 42 heavy (non-hydrogen) atoms. The van der Waals surface area contributed by atoms with Crippen LogP contribution in [0, 0.1) is 17.7 Å². The zero-order valence-corrected chi connectivity index (χ0v) is 22.6. The van der Waals surface area contributed by atoms with Crippen molar-refractivity contribution in [1.82, 2.24) is 29.7 Å². The van der Waals surface area contributed by atoms with Crippen molar-refractivity contribution in [3.05, 3.63) is 76.5 Å². The summed E-state index contributed by atoms with van der Waals surface area (Å²) in [5.74, 6) is -1.38. The summed E-state index contributed by atoms with van der Waals surface area (Å²) >= 11 is 5.84. The minimum Gasteiger partial charge on any atom is -0.390 e. The Morgan fingerprint density at radius 3 is 2.69 bits per heavy atom. The van der Waals surface area contributed by atoms with Crippen LogP contribution in [0.25, 0.3) is 11.3 Å². The molecule has 15 heteroatoms. The second kappa shape index (κ2) is 10.8. The molecule has 3 aromatic heterocycles. The van der Waals surface area contributed by atoms with Crippen LogP contribution in [0.4, 0.5) is 24.8 Å². The lowest BCUT2D eigenvalue weighted by Gasteiger charge is -2.20. The number of carbonyl (C=O) groups excluding carboxylic acids is 2. The molecule has 2 N–H and O–H groups in total. The number of benzene rings is 1. The van der Waals surface area contributed by atoms with Crippen LogP contribution >= 0.6 is 11.6 Å². The number of carbonyl (C=O) groups is 2. The number of rotatable bonds is 8. The molecule has 4 heterocycles. The molecule has 1 saturated heterocycles. The third-order valence-electron chi connectivity index (χ3n) is 7.42. The van der Waals surface area contributed by atoms with E-state index in [4.69, 9.17) is 11.6 Å². The number of piperidine rings is 1. The Morgan fingerprint density at radius 1 is 1.19 bits per heavy atom. The second-order valence-electron chi connectivity index (χ2n) is 10.0. The summed E-state index contributed by atoms with van der Waals surface area (Å²) in [7, 11) is 0. The SMILES string of the molecule is CC(c1cnc(N2CC3CC3C2=O)nc1CO)n1cc(NC(=O)c2nccnc2-c2c(C(F)F)ccc(Cl)c2F)cn1. The lowest BCUT2D eigenvalue weighted by Crippen LogP contribution is -2.30. The van der Waals surface area contributed by atoms with Gasteiger partial charge in [-0.05, 0) is 25.3 Å². The number of halogens is 4. The van der Waals surface area contributed by atoms with Gasteiger partial charge in [0.1, 0.15) is 5.69 Å². The topological polar surface area (TPSA) is 139 Å². The Hall–Kier alpha value is -4.43. The predicted octanol–water partition coefficient (Wildman–Crippen LogP) is 4.20. The molecule has 11 nitrogen and oxygen atoms in total. The quantitative estimate of drug-likeness (QED) is 0.308. The van der Waals surface area contributed by atoms with Crippen LogP contribution in [0.15, 0.2) is 43.1 Å². The van der Waals surface area contributed by atoms with E-state index in [1.807, 2.05) is 0 Å². The maximum atomic E-state index is 14.9. The monoisotopic (exact) mass is 598 g/mol. The van der Waals surface area contributed by atoms with Gasteiger partial charge in [-0.15, -0.1) is 0 Å². The molecule has 0 spiro atoms. The first-order valence-corrected chi connectivity index (χ1v) is 13.3. The highest BCUT2D eigenvalue weighted by Crippen LogP contribution is 2.46. The lowest BCUT2D eigenvalue weighted by atomic mass is 10.0. The van der Waals surface area contributed by atoms with Crippen LogP contribution in [0.5, 0.6) is 0 Å². The summed E-state index contributed by atoms with van der Waals surface area (Å²) in [6, 6.07) is 1.48. The molecule has 1 saturated carbocycles. The average Bonchev–Trinajstić information content (AvgIpc) is 3.49. The molecule has 1 aliphatic heterocycles. The van der Waals surface area contributed by atoms with E-state index in [0.29, 0.717) is 23.7 Å². The first-order chi connectivity index (χ1) is 20.2. The highest BCUT2D eigenvalue weighted by Gasteiger charge is 2.53. The second-order valence-corrected chi connectivity index (χ2v) is 10.4. The van der Waals surface area contributed by atoms with Gasteiger partial charge in [0.15, 0.2) is 11.5 Å². The molecule has 6 rings (SSSR count). The Balaban J connectivity index is 1.24. The maximum Gasteiger partial charge on any atom is 0.276 e. The first-order valence-electron chi connectivity index (χ1n) is 12.9. The van der Waals surface area contributed by atoms with E-state index < -0.39 is 58.3 Å². The molecule has 4 aromatic rings. The van der Waals surface area contributed by atoms with Gasteiger partial charge in [0.25, 0.3) is 12.3 Å². The van der Waals surface area contributed by atoms with Gasteiger partial charge in [0, 0.05) is 53.9 Å². The summed E-state index contributed by atoms with van der Waals surface area (Å²) in [6.45, 7) is 1.94. The summed E-state index contributed by atoms with van der Waals surface area (Å²) in [5, 5.41) is 16.4. The van der Waals surface area contributed by atoms with Crippen LogP contribution < -0.4 is 10.2 Å². The molecule has 0 radical (unpaired) electrons. The molecule has 3 atom stereocenters. The Labute approximate surface area is 241 Å². The van der Waals surface area contributed by atoms with Gasteiger partial charge < -0.3 is 10.4 Å². The van der Waals surface area contributed by atoms with Gasteiger partial charge in [-0.3, -0.25) is 24.2 Å². The summed E-state index contributed by atoms with van der Waals surface area (Å²) in [5.41, 5.74) is -1.02. The third kappa shape index (κ3) is 4.86. The van der Waals surface area contributed by atoms with Crippen LogP contribution in [0.2, 0.25) is 5.02 Å². The number of anilines is 2. The lowest BCUT2D eigenvalue weighted by molar-refractivity contribution is -0.118. The fourth-order valence-corrected chi connectivity index (χ4v) is 5.26. The maximum absolute atomic E-state index is 14.9. The minimum absolute atomic E-state index is 0.00746. The van der Waals surface area contributed by atoms with Gasteiger partial charge in [-0.25, -0.2) is 28.1 Å². The smallest absolute Gasteiger partial charge is 0.276 e. The molecule has 0 bridgehead atoms. The average molecular weight is 599 g/mol. The summed E-state index contributed by atoms with van der Waals surface area (Å²) in [4.78, 5) is 43.8. The Bertz CT molecular complexity index is 1720. The molecule has 2 fully saturated rings. The molecule has 3 unspecified atom stereocenters. The van der Waals surface area contributed by atoms with Crippen molar-refractivity contribution < 1.29 is 27.9 Å². The van der Waals surface area contributed by atoms with Crippen molar-refractivity contribution in [3.8, 4) is 11.3 Å². The number of hydrogen-bond donors (Lipinski definition) is 2. The number of aromatic nitrogens is 6. The number of nitrogens with one attached hydrogen (secondary N) is 1. The van der Waals surface area contributed by atoms with Crippen LogP contribution in [-0.2, 0) is 11.4 Å². The fraction of sp³-hybridized carbons (Fsp3) is 0.296. The standard InChI is InChI=1S/C27H22ClF3N8O3/c1-12(17-8-34-27(37-19(17)11-40)38-9-13-6-16(13)26(38)42)39-10-14(7-35-39)36-25(41)23-22(32-4-5-33-23)20-15(24(30)31)2-3-18(28)21(20)29/h2-5,7-8,10,12-13,16,24,40H,6,9,11H2,1H3,(H,36,41). The van der Waals surface area contributed by atoms with Crippen LogP contribution in [-0.4, -0.2) is 53.2 Å². The number of aliphatic hydroxyl groups is 1. The minimum atomic E-state index is -3.06. The molecular weight excluding hydrogens is 577 g/mol. The zero-order valence-electron chi connectivity index (χ0n) is 21.9. The van der Waals surface area contributed by atoms with E-state index in [-0.39, 0.29) is 23.5 Å². The van der Waals surface area contributed by atoms with E-state index in [0.717, 1.165) is 24.8 Å².